The standard InChI is InChI=1S/C13H19FN2O2S/c1-10-5-6-11(8-15)9-16(10)19(17,18)13-4-2-3-12(14)7-13/h2-4,7,10-11H,5-6,8-9,15H2,1H3. The van der Waals surface area contributed by atoms with Gasteiger partial charge < -0.3 is 5.73 Å². The Balaban J connectivity index is 2.32. The third kappa shape index (κ3) is 2.96. The van der Waals surface area contributed by atoms with Crippen LogP contribution in [0, 0.1) is 11.7 Å². The molecule has 0 saturated carbocycles. The lowest BCUT2D eigenvalue weighted by atomic mass is 9.96. The van der Waals surface area contributed by atoms with Gasteiger partial charge in [0, 0.05) is 12.6 Å². The first-order chi connectivity index (χ1) is 8.95. The van der Waals surface area contributed by atoms with Crippen LogP contribution in [0.25, 0.3) is 0 Å². The molecule has 1 fully saturated rings. The molecule has 1 aromatic rings. The van der Waals surface area contributed by atoms with Crippen LogP contribution in [0.2, 0.25) is 0 Å². The van der Waals surface area contributed by atoms with Gasteiger partial charge in [-0.05, 0) is 50.4 Å². The number of sulfonamides is 1. The Kier molecular flexibility index (Phi) is 4.23. The van der Waals surface area contributed by atoms with Gasteiger partial charge in [0.2, 0.25) is 10.0 Å². The maximum Gasteiger partial charge on any atom is 0.243 e. The number of nitrogens with two attached hydrogens (primary N) is 1. The highest BCUT2D eigenvalue weighted by Gasteiger charge is 2.34. The van der Waals surface area contributed by atoms with Gasteiger partial charge in [0.15, 0.2) is 0 Å². The van der Waals surface area contributed by atoms with E-state index in [1.54, 1.807) is 0 Å². The van der Waals surface area contributed by atoms with Gasteiger partial charge in [-0.15, -0.1) is 0 Å². The summed E-state index contributed by atoms with van der Waals surface area (Å²) >= 11 is 0. The van der Waals surface area contributed by atoms with Crippen LogP contribution >= 0.6 is 0 Å². The second-order valence-corrected chi connectivity index (χ2v) is 6.95. The van der Waals surface area contributed by atoms with E-state index in [0.717, 1.165) is 18.9 Å². The summed E-state index contributed by atoms with van der Waals surface area (Å²) in [5, 5.41) is 0. The molecule has 106 valence electrons. The molecule has 0 aromatic heterocycles. The monoisotopic (exact) mass is 286 g/mol. The Hall–Kier alpha value is -0.980. The molecule has 2 N–H and O–H groups in total. The number of nitrogens with zero attached hydrogens (tertiary/aromatic N) is 1. The van der Waals surface area contributed by atoms with Crippen LogP contribution in [0.5, 0.6) is 0 Å². The molecular weight excluding hydrogens is 267 g/mol. The lowest BCUT2D eigenvalue weighted by Crippen LogP contribution is -2.46. The Morgan fingerprint density at radius 2 is 2.16 bits per heavy atom. The van der Waals surface area contributed by atoms with E-state index in [2.05, 4.69) is 0 Å². The molecule has 19 heavy (non-hydrogen) atoms. The number of rotatable bonds is 3. The molecule has 1 aliphatic heterocycles. The van der Waals surface area contributed by atoms with Gasteiger partial charge in [-0.1, -0.05) is 6.07 Å². The van der Waals surface area contributed by atoms with Crippen LogP contribution in [-0.4, -0.2) is 31.9 Å². The second kappa shape index (κ2) is 5.56. The fourth-order valence-corrected chi connectivity index (χ4v) is 4.21. The molecule has 1 heterocycles. The second-order valence-electron chi connectivity index (χ2n) is 5.06. The molecule has 1 aromatic carbocycles. The number of piperidine rings is 1. The minimum atomic E-state index is -3.64. The van der Waals surface area contributed by atoms with E-state index >= 15 is 0 Å². The molecule has 1 saturated heterocycles. The summed E-state index contributed by atoms with van der Waals surface area (Å²) in [6.07, 6.45) is 1.73. The van der Waals surface area contributed by atoms with Crippen molar-refractivity contribution in [3.05, 3.63) is 30.1 Å². The number of hydrogen-bond acceptors (Lipinski definition) is 3. The molecule has 1 aliphatic rings. The fourth-order valence-electron chi connectivity index (χ4n) is 2.44. The fraction of sp³-hybridized carbons (Fsp3) is 0.538. The largest absolute Gasteiger partial charge is 0.330 e. The summed E-state index contributed by atoms with van der Waals surface area (Å²) in [7, 11) is -3.64. The van der Waals surface area contributed by atoms with Crippen LogP contribution in [0.1, 0.15) is 19.8 Å². The Bertz CT molecular complexity index is 547. The summed E-state index contributed by atoms with van der Waals surface area (Å²) in [5.74, 6) is -0.361. The van der Waals surface area contributed by atoms with Gasteiger partial charge in [0.1, 0.15) is 5.82 Å². The van der Waals surface area contributed by atoms with Gasteiger partial charge in [-0.3, -0.25) is 0 Å². The molecule has 0 spiro atoms. The predicted molar refractivity (Wildman–Crippen MR) is 71.5 cm³/mol. The van der Waals surface area contributed by atoms with Gasteiger partial charge in [-0.2, -0.15) is 4.31 Å². The van der Waals surface area contributed by atoms with Gasteiger partial charge in [-0.25, -0.2) is 12.8 Å². The molecule has 2 unspecified atom stereocenters. The average Bonchev–Trinajstić information content (AvgIpc) is 2.39. The first-order valence-electron chi connectivity index (χ1n) is 6.42. The van der Waals surface area contributed by atoms with Crippen LogP contribution in [0.4, 0.5) is 4.39 Å². The molecule has 0 amide bonds. The van der Waals surface area contributed by atoms with Crippen LogP contribution in [0.3, 0.4) is 0 Å². The Morgan fingerprint density at radius 1 is 1.42 bits per heavy atom. The Labute approximate surface area is 113 Å². The molecule has 0 bridgehead atoms. The number of halogens is 1. The molecule has 6 heteroatoms. The van der Waals surface area contributed by atoms with Gasteiger partial charge in [0.05, 0.1) is 4.90 Å². The van der Waals surface area contributed by atoms with E-state index in [0.29, 0.717) is 13.1 Å². The van der Waals surface area contributed by atoms with Crippen molar-refractivity contribution in [1.29, 1.82) is 0 Å². The highest BCUT2D eigenvalue weighted by atomic mass is 32.2. The Morgan fingerprint density at radius 3 is 2.79 bits per heavy atom. The first-order valence-corrected chi connectivity index (χ1v) is 7.86. The third-order valence-electron chi connectivity index (χ3n) is 3.66. The zero-order valence-corrected chi connectivity index (χ0v) is 11.7. The van der Waals surface area contributed by atoms with Crippen LogP contribution < -0.4 is 5.73 Å². The molecule has 0 radical (unpaired) electrons. The maximum absolute atomic E-state index is 13.2. The van der Waals surface area contributed by atoms with E-state index in [9.17, 15) is 12.8 Å². The van der Waals surface area contributed by atoms with Crippen molar-refractivity contribution in [1.82, 2.24) is 4.31 Å². The minimum absolute atomic E-state index is 0.0111. The number of benzene rings is 1. The van der Waals surface area contributed by atoms with Crippen molar-refractivity contribution < 1.29 is 12.8 Å². The van der Waals surface area contributed by atoms with Crippen molar-refractivity contribution in [3.63, 3.8) is 0 Å². The molecule has 2 atom stereocenters. The van der Waals surface area contributed by atoms with Crippen molar-refractivity contribution in [3.8, 4) is 0 Å². The van der Waals surface area contributed by atoms with E-state index < -0.39 is 15.8 Å². The van der Waals surface area contributed by atoms with E-state index in [4.69, 9.17) is 5.73 Å². The first kappa shape index (κ1) is 14.4. The molecule has 2 rings (SSSR count). The summed E-state index contributed by atoms with van der Waals surface area (Å²) < 4.78 is 39.7. The van der Waals surface area contributed by atoms with Crippen molar-refractivity contribution in [2.75, 3.05) is 13.1 Å². The molecule has 0 aliphatic carbocycles. The summed E-state index contributed by atoms with van der Waals surface area (Å²) in [4.78, 5) is 0.0111. The van der Waals surface area contributed by atoms with E-state index in [1.165, 1.54) is 22.5 Å². The minimum Gasteiger partial charge on any atom is -0.330 e. The average molecular weight is 286 g/mol. The zero-order valence-electron chi connectivity index (χ0n) is 10.9. The normalized spacial score (nSPS) is 25.4. The smallest absolute Gasteiger partial charge is 0.243 e. The number of hydrogen-bond donors (Lipinski definition) is 1. The highest BCUT2D eigenvalue weighted by molar-refractivity contribution is 7.89. The predicted octanol–water partition coefficient (Wildman–Crippen LogP) is 1.57. The van der Waals surface area contributed by atoms with Crippen molar-refractivity contribution in [2.45, 2.75) is 30.7 Å². The molecular formula is C13H19FN2O2S. The van der Waals surface area contributed by atoms with E-state index in [-0.39, 0.29) is 16.9 Å². The highest BCUT2D eigenvalue weighted by Crippen LogP contribution is 2.27. The van der Waals surface area contributed by atoms with Crippen LogP contribution in [0.15, 0.2) is 29.2 Å². The van der Waals surface area contributed by atoms with Crippen LogP contribution in [-0.2, 0) is 10.0 Å². The topological polar surface area (TPSA) is 63.4 Å². The quantitative estimate of drug-likeness (QED) is 0.917. The summed E-state index contributed by atoms with van der Waals surface area (Å²) in [5.41, 5.74) is 5.64. The van der Waals surface area contributed by atoms with Gasteiger partial charge in [0.25, 0.3) is 0 Å². The van der Waals surface area contributed by atoms with E-state index in [1.807, 2.05) is 6.92 Å². The SMILES string of the molecule is CC1CCC(CN)CN1S(=O)(=O)c1cccc(F)c1. The lowest BCUT2D eigenvalue weighted by molar-refractivity contribution is 0.211. The summed E-state index contributed by atoms with van der Waals surface area (Å²) in [6, 6.07) is 5.07. The lowest BCUT2D eigenvalue weighted by Gasteiger charge is -2.36. The zero-order chi connectivity index (χ0) is 14.0. The summed E-state index contributed by atoms with van der Waals surface area (Å²) in [6.45, 7) is 2.77. The maximum atomic E-state index is 13.2. The van der Waals surface area contributed by atoms with Crippen molar-refractivity contribution in [2.24, 2.45) is 11.7 Å². The third-order valence-corrected chi connectivity index (χ3v) is 5.63. The molecule has 4 nitrogen and oxygen atoms in total. The van der Waals surface area contributed by atoms with Crippen molar-refractivity contribution >= 4 is 10.0 Å². The van der Waals surface area contributed by atoms with Gasteiger partial charge >= 0.3 is 0 Å².